The molecule has 3 rings (SSSR count). The lowest BCUT2D eigenvalue weighted by Crippen LogP contribution is -2.16. The maximum absolute atomic E-state index is 13.9. The quantitative estimate of drug-likeness (QED) is 0.666. The van der Waals surface area contributed by atoms with Gasteiger partial charge in [-0.15, -0.1) is 10.2 Å². The molecule has 6 nitrogen and oxygen atoms in total. The van der Waals surface area contributed by atoms with Gasteiger partial charge in [-0.3, -0.25) is 4.72 Å². The predicted octanol–water partition coefficient (Wildman–Crippen LogP) is 4.34. The van der Waals surface area contributed by atoms with E-state index >= 15 is 0 Å². The van der Waals surface area contributed by atoms with Gasteiger partial charge >= 0.3 is 0 Å². The number of sulfonamides is 1. The van der Waals surface area contributed by atoms with Gasteiger partial charge in [0, 0.05) is 18.2 Å². The summed E-state index contributed by atoms with van der Waals surface area (Å²) in [7, 11) is -4.03. The molecule has 1 N–H and O–H groups in total. The summed E-state index contributed by atoms with van der Waals surface area (Å²) in [4.78, 5) is 0.0122. The molecular weight excluding hydrogens is 398 g/mol. The van der Waals surface area contributed by atoms with Gasteiger partial charge in [0.15, 0.2) is 17.5 Å². The van der Waals surface area contributed by atoms with E-state index < -0.39 is 21.7 Å². The Bertz CT molecular complexity index is 1130. The van der Waals surface area contributed by atoms with Gasteiger partial charge in [0.1, 0.15) is 6.33 Å². The first-order valence-electron chi connectivity index (χ1n) is 9.03. The van der Waals surface area contributed by atoms with Crippen LogP contribution >= 0.6 is 0 Å². The van der Waals surface area contributed by atoms with E-state index in [2.05, 4.69) is 14.9 Å². The molecule has 29 heavy (non-hydrogen) atoms. The fraction of sp³-hybridized carbons (Fsp3) is 0.300. The van der Waals surface area contributed by atoms with Crippen LogP contribution in [-0.2, 0) is 22.0 Å². The average molecular weight is 420 g/mol. The molecule has 0 unspecified atom stereocenters. The van der Waals surface area contributed by atoms with E-state index in [1.807, 2.05) is 27.7 Å². The monoisotopic (exact) mass is 420 g/mol. The van der Waals surface area contributed by atoms with E-state index in [1.165, 1.54) is 18.5 Å². The number of halogens is 2. The van der Waals surface area contributed by atoms with E-state index in [1.54, 1.807) is 16.7 Å². The number of hydrogen-bond acceptors (Lipinski definition) is 4. The number of hydrogen-bond donors (Lipinski definition) is 1. The number of aromatic nitrogens is 3. The van der Waals surface area contributed by atoms with Crippen molar-refractivity contribution in [2.45, 2.75) is 44.6 Å². The molecular formula is C20H22F2N4O2S. The number of aryl methyl sites for hydroxylation is 1. The highest BCUT2D eigenvalue weighted by Gasteiger charge is 2.22. The fourth-order valence-corrected chi connectivity index (χ4v) is 3.92. The molecule has 0 saturated heterocycles. The van der Waals surface area contributed by atoms with Gasteiger partial charge < -0.3 is 4.57 Å². The zero-order valence-electron chi connectivity index (χ0n) is 16.6. The summed E-state index contributed by atoms with van der Waals surface area (Å²) in [6.45, 7) is 8.36. The van der Waals surface area contributed by atoms with Crippen molar-refractivity contribution < 1.29 is 17.2 Å². The van der Waals surface area contributed by atoms with Crippen molar-refractivity contribution in [3.8, 4) is 11.4 Å². The lowest BCUT2D eigenvalue weighted by Gasteiger charge is -2.19. The van der Waals surface area contributed by atoms with Crippen molar-refractivity contribution in [2.75, 3.05) is 4.72 Å². The highest BCUT2D eigenvalue weighted by Crippen LogP contribution is 2.31. The van der Waals surface area contributed by atoms with E-state index in [0.29, 0.717) is 6.54 Å². The number of rotatable bonds is 5. The van der Waals surface area contributed by atoms with E-state index in [-0.39, 0.29) is 27.4 Å². The molecule has 0 spiro atoms. The van der Waals surface area contributed by atoms with Crippen LogP contribution in [0.4, 0.5) is 14.5 Å². The number of benzene rings is 2. The van der Waals surface area contributed by atoms with Gasteiger partial charge in [-0.2, -0.15) is 0 Å². The van der Waals surface area contributed by atoms with Crippen molar-refractivity contribution in [1.82, 2.24) is 14.8 Å². The van der Waals surface area contributed by atoms with Gasteiger partial charge in [-0.05, 0) is 36.1 Å². The second-order valence-electron chi connectivity index (χ2n) is 7.63. The Hall–Kier alpha value is -2.81. The van der Waals surface area contributed by atoms with Crippen molar-refractivity contribution in [1.29, 1.82) is 0 Å². The molecule has 2 aromatic carbocycles. The summed E-state index contributed by atoms with van der Waals surface area (Å²) >= 11 is 0. The first-order valence-corrected chi connectivity index (χ1v) is 10.5. The second-order valence-corrected chi connectivity index (χ2v) is 9.31. The summed E-state index contributed by atoms with van der Waals surface area (Å²) < 4.78 is 57.5. The Kier molecular flexibility index (Phi) is 5.44. The van der Waals surface area contributed by atoms with Crippen molar-refractivity contribution >= 4 is 15.7 Å². The summed E-state index contributed by atoms with van der Waals surface area (Å²) in [6, 6.07) is 8.14. The van der Waals surface area contributed by atoms with Crippen LogP contribution < -0.4 is 4.72 Å². The van der Waals surface area contributed by atoms with Crippen LogP contribution in [0.15, 0.2) is 47.6 Å². The van der Waals surface area contributed by atoms with Gasteiger partial charge in [-0.1, -0.05) is 32.9 Å². The SMILES string of the molecule is CCn1cnnc1-c1cc(F)c(F)cc1NS(=O)(=O)c1ccc(C(C)(C)C)cc1. The van der Waals surface area contributed by atoms with Crippen LogP contribution in [0, 0.1) is 11.6 Å². The van der Waals surface area contributed by atoms with Crippen LogP contribution in [0.1, 0.15) is 33.3 Å². The molecule has 0 fully saturated rings. The Morgan fingerprint density at radius 1 is 1.07 bits per heavy atom. The van der Waals surface area contributed by atoms with E-state index in [0.717, 1.165) is 17.7 Å². The van der Waals surface area contributed by atoms with E-state index in [9.17, 15) is 17.2 Å². The summed E-state index contributed by atoms with van der Waals surface area (Å²) in [5, 5.41) is 7.69. The van der Waals surface area contributed by atoms with Crippen LogP contribution in [0.25, 0.3) is 11.4 Å². The molecule has 0 amide bonds. The summed E-state index contributed by atoms with van der Waals surface area (Å²) in [5.41, 5.74) is 0.818. The largest absolute Gasteiger partial charge is 0.314 e. The zero-order chi connectivity index (χ0) is 21.4. The molecule has 0 aliphatic heterocycles. The third kappa shape index (κ3) is 4.29. The number of anilines is 1. The minimum Gasteiger partial charge on any atom is -0.314 e. The second kappa shape index (κ2) is 7.55. The molecule has 1 heterocycles. The molecule has 1 aromatic heterocycles. The third-order valence-corrected chi connectivity index (χ3v) is 5.91. The molecule has 0 aliphatic carbocycles. The molecule has 0 aliphatic rings. The maximum atomic E-state index is 13.9. The van der Waals surface area contributed by atoms with Crippen molar-refractivity contribution in [2.24, 2.45) is 0 Å². The molecule has 0 atom stereocenters. The minimum absolute atomic E-state index is 0.0122. The molecule has 0 bridgehead atoms. The van der Waals surface area contributed by atoms with Gasteiger partial charge in [0.05, 0.1) is 10.6 Å². The van der Waals surface area contributed by atoms with E-state index in [4.69, 9.17) is 0 Å². The van der Waals surface area contributed by atoms with Crippen LogP contribution in [0.2, 0.25) is 0 Å². The molecule has 154 valence electrons. The van der Waals surface area contributed by atoms with Crippen LogP contribution in [0.3, 0.4) is 0 Å². The zero-order valence-corrected chi connectivity index (χ0v) is 17.4. The molecule has 9 heteroatoms. The number of nitrogens with one attached hydrogen (secondary N) is 1. The normalized spacial score (nSPS) is 12.2. The average Bonchev–Trinajstić information content (AvgIpc) is 3.12. The van der Waals surface area contributed by atoms with Gasteiger partial charge in [-0.25, -0.2) is 17.2 Å². The Balaban J connectivity index is 2.04. The van der Waals surface area contributed by atoms with Gasteiger partial charge in [0.25, 0.3) is 10.0 Å². The standard InChI is InChI=1S/C20H22F2N4O2S/c1-5-26-12-23-24-19(26)15-10-16(21)17(22)11-18(15)25-29(27,28)14-8-6-13(7-9-14)20(2,3)4/h6-12,25H,5H2,1-4H3. The highest BCUT2D eigenvalue weighted by atomic mass is 32.2. The molecule has 0 saturated carbocycles. The smallest absolute Gasteiger partial charge is 0.261 e. The lowest BCUT2D eigenvalue weighted by molar-refractivity contribution is 0.509. The van der Waals surface area contributed by atoms with Crippen molar-refractivity contribution in [3.63, 3.8) is 0 Å². The van der Waals surface area contributed by atoms with Crippen LogP contribution in [-0.4, -0.2) is 23.2 Å². The molecule has 0 radical (unpaired) electrons. The fourth-order valence-electron chi connectivity index (χ4n) is 2.85. The summed E-state index contributed by atoms with van der Waals surface area (Å²) in [5.74, 6) is -2.05. The first-order chi connectivity index (χ1) is 13.5. The lowest BCUT2D eigenvalue weighted by atomic mass is 9.87. The van der Waals surface area contributed by atoms with Crippen LogP contribution in [0.5, 0.6) is 0 Å². The Morgan fingerprint density at radius 3 is 2.28 bits per heavy atom. The molecule has 3 aromatic rings. The first kappa shape index (κ1) is 20.9. The van der Waals surface area contributed by atoms with Gasteiger partial charge in [0.2, 0.25) is 0 Å². The Morgan fingerprint density at radius 2 is 1.69 bits per heavy atom. The topological polar surface area (TPSA) is 76.9 Å². The third-order valence-electron chi connectivity index (χ3n) is 4.53. The minimum atomic E-state index is -4.03. The maximum Gasteiger partial charge on any atom is 0.261 e. The predicted molar refractivity (Wildman–Crippen MR) is 107 cm³/mol. The van der Waals surface area contributed by atoms with Crippen molar-refractivity contribution in [3.05, 3.63) is 59.9 Å². The summed E-state index contributed by atoms with van der Waals surface area (Å²) in [6.07, 6.45) is 1.43. The Labute approximate surface area is 168 Å². The number of nitrogens with zero attached hydrogens (tertiary/aromatic N) is 3. The highest BCUT2D eigenvalue weighted by molar-refractivity contribution is 7.92.